The third-order valence-corrected chi connectivity index (χ3v) is 4.02. The minimum atomic E-state index is -0.618. The van der Waals surface area contributed by atoms with Crippen LogP contribution in [0.15, 0.2) is 24.3 Å². The molecule has 2 nitrogen and oxygen atoms in total. The van der Waals surface area contributed by atoms with E-state index in [2.05, 4.69) is 0 Å². The SMILES string of the molecule is Cc1cc2c(n1-c1ccc(F)cc1F)CC(C)(C)CC2=O. The molecule has 1 aliphatic rings. The van der Waals surface area contributed by atoms with Crippen molar-refractivity contribution in [3.8, 4) is 5.69 Å². The van der Waals surface area contributed by atoms with E-state index in [0.29, 0.717) is 24.1 Å². The van der Waals surface area contributed by atoms with Crippen LogP contribution in [-0.4, -0.2) is 10.4 Å². The van der Waals surface area contributed by atoms with E-state index in [1.165, 1.54) is 12.1 Å². The number of nitrogens with zero attached hydrogens (tertiary/aromatic N) is 1. The molecule has 0 atom stereocenters. The van der Waals surface area contributed by atoms with Crippen molar-refractivity contribution in [3.05, 3.63) is 52.9 Å². The van der Waals surface area contributed by atoms with Gasteiger partial charge in [-0.2, -0.15) is 0 Å². The molecule has 4 heteroatoms. The fraction of sp³-hybridized carbons (Fsp3) is 0.353. The lowest BCUT2D eigenvalue weighted by atomic mass is 9.76. The highest BCUT2D eigenvalue weighted by molar-refractivity contribution is 5.99. The lowest BCUT2D eigenvalue weighted by Crippen LogP contribution is -2.28. The van der Waals surface area contributed by atoms with Crippen LogP contribution in [0.25, 0.3) is 5.69 Å². The Bertz CT molecular complexity index is 743. The molecule has 110 valence electrons. The maximum Gasteiger partial charge on any atom is 0.165 e. The van der Waals surface area contributed by atoms with Crippen molar-refractivity contribution >= 4 is 5.78 Å². The zero-order chi connectivity index (χ0) is 15.4. The summed E-state index contributed by atoms with van der Waals surface area (Å²) < 4.78 is 29.0. The number of fused-ring (bicyclic) bond motifs is 1. The molecule has 1 aromatic heterocycles. The van der Waals surface area contributed by atoms with Crippen LogP contribution in [0.5, 0.6) is 0 Å². The number of benzene rings is 1. The summed E-state index contributed by atoms with van der Waals surface area (Å²) in [4.78, 5) is 12.3. The number of hydrogen-bond acceptors (Lipinski definition) is 1. The van der Waals surface area contributed by atoms with Gasteiger partial charge in [0.25, 0.3) is 0 Å². The number of rotatable bonds is 1. The molecule has 0 bridgehead atoms. The molecule has 0 fully saturated rings. The molecule has 0 unspecified atom stereocenters. The van der Waals surface area contributed by atoms with Gasteiger partial charge in [-0.15, -0.1) is 0 Å². The first kappa shape index (κ1) is 14.0. The standard InChI is InChI=1S/C17H17F2NO/c1-10-6-12-15(8-17(2,3)9-16(12)21)20(10)14-5-4-11(18)7-13(14)19/h4-7H,8-9H2,1-3H3. The second-order valence-corrected chi connectivity index (χ2v) is 6.52. The number of ketones is 1. The smallest absolute Gasteiger partial charge is 0.165 e. The first-order valence-electron chi connectivity index (χ1n) is 6.98. The lowest BCUT2D eigenvalue weighted by molar-refractivity contribution is 0.0911. The minimum absolute atomic E-state index is 0.0885. The van der Waals surface area contributed by atoms with Crippen molar-refractivity contribution < 1.29 is 13.6 Å². The average molecular weight is 289 g/mol. The van der Waals surface area contributed by atoms with Crippen molar-refractivity contribution in [3.63, 3.8) is 0 Å². The van der Waals surface area contributed by atoms with Gasteiger partial charge in [0, 0.05) is 29.4 Å². The maximum absolute atomic E-state index is 14.1. The highest BCUT2D eigenvalue weighted by atomic mass is 19.1. The van der Waals surface area contributed by atoms with Gasteiger partial charge >= 0.3 is 0 Å². The van der Waals surface area contributed by atoms with Gasteiger partial charge in [-0.05, 0) is 37.0 Å². The molecule has 0 radical (unpaired) electrons. The summed E-state index contributed by atoms with van der Waals surface area (Å²) in [7, 11) is 0. The first-order chi connectivity index (χ1) is 9.78. The van der Waals surface area contributed by atoms with Gasteiger partial charge in [0.1, 0.15) is 11.6 Å². The molecule has 1 aromatic carbocycles. The number of halogens is 2. The van der Waals surface area contributed by atoms with Crippen LogP contribution < -0.4 is 0 Å². The van der Waals surface area contributed by atoms with E-state index in [-0.39, 0.29) is 11.2 Å². The zero-order valence-electron chi connectivity index (χ0n) is 12.3. The Kier molecular flexibility index (Phi) is 3.01. The molecule has 0 saturated heterocycles. The molecule has 1 heterocycles. The van der Waals surface area contributed by atoms with Gasteiger partial charge < -0.3 is 4.57 Å². The molecule has 3 rings (SSSR count). The Morgan fingerprint density at radius 3 is 2.52 bits per heavy atom. The van der Waals surface area contributed by atoms with Crippen molar-refractivity contribution in [1.29, 1.82) is 0 Å². The molecule has 21 heavy (non-hydrogen) atoms. The summed E-state index contributed by atoms with van der Waals surface area (Å²) in [6.45, 7) is 5.89. The van der Waals surface area contributed by atoms with Crippen LogP contribution in [0.3, 0.4) is 0 Å². The summed E-state index contributed by atoms with van der Waals surface area (Å²) in [5.41, 5.74) is 2.41. The van der Waals surface area contributed by atoms with Crippen LogP contribution in [-0.2, 0) is 6.42 Å². The molecule has 1 aliphatic carbocycles. The first-order valence-corrected chi connectivity index (χ1v) is 6.98. The molecule has 0 saturated carbocycles. The average Bonchev–Trinajstić information content (AvgIpc) is 2.65. The Morgan fingerprint density at radius 2 is 1.86 bits per heavy atom. The van der Waals surface area contributed by atoms with E-state index in [1.54, 1.807) is 10.6 Å². The van der Waals surface area contributed by atoms with E-state index in [4.69, 9.17) is 0 Å². The van der Waals surface area contributed by atoms with Gasteiger partial charge in [-0.3, -0.25) is 4.79 Å². The fourth-order valence-corrected chi connectivity index (χ4v) is 3.15. The predicted molar refractivity (Wildman–Crippen MR) is 76.9 cm³/mol. The van der Waals surface area contributed by atoms with Gasteiger partial charge in [0.05, 0.1) is 5.69 Å². The van der Waals surface area contributed by atoms with Crippen LogP contribution in [0.4, 0.5) is 8.78 Å². The number of aromatic nitrogens is 1. The van der Waals surface area contributed by atoms with Crippen molar-refractivity contribution in [2.45, 2.75) is 33.6 Å². The van der Waals surface area contributed by atoms with E-state index in [1.807, 2.05) is 20.8 Å². The van der Waals surface area contributed by atoms with Gasteiger partial charge in [-0.1, -0.05) is 13.8 Å². The summed E-state index contributed by atoms with van der Waals surface area (Å²) in [5, 5.41) is 0. The Balaban J connectivity index is 2.23. The molecular weight excluding hydrogens is 272 g/mol. The maximum atomic E-state index is 14.1. The Labute approximate surface area is 122 Å². The van der Waals surface area contributed by atoms with Gasteiger partial charge in [0.15, 0.2) is 5.78 Å². The minimum Gasteiger partial charge on any atom is -0.315 e. The number of carbonyl (C=O) groups is 1. The number of Topliss-reactive ketones (excluding diaryl/α,β-unsaturated/α-hetero) is 1. The summed E-state index contributed by atoms with van der Waals surface area (Å²) in [6.07, 6.45) is 1.19. The van der Waals surface area contributed by atoms with E-state index >= 15 is 0 Å². The third-order valence-electron chi connectivity index (χ3n) is 4.02. The normalized spacial score (nSPS) is 16.9. The van der Waals surface area contributed by atoms with E-state index < -0.39 is 11.6 Å². The second-order valence-electron chi connectivity index (χ2n) is 6.52. The third kappa shape index (κ3) is 2.28. The van der Waals surface area contributed by atoms with Crippen LogP contribution in [0.1, 0.15) is 42.0 Å². The van der Waals surface area contributed by atoms with Crippen LogP contribution in [0.2, 0.25) is 0 Å². The largest absolute Gasteiger partial charge is 0.315 e. The molecular formula is C17H17F2NO. The summed E-state index contributed by atoms with van der Waals surface area (Å²) in [6, 6.07) is 5.33. The second kappa shape index (κ2) is 4.52. The fourth-order valence-electron chi connectivity index (χ4n) is 3.15. The van der Waals surface area contributed by atoms with Crippen molar-refractivity contribution in [2.24, 2.45) is 5.41 Å². The predicted octanol–water partition coefficient (Wildman–Crippen LogP) is 4.22. The Morgan fingerprint density at radius 1 is 1.14 bits per heavy atom. The van der Waals surface area contributed by atoms with Crippen molar-refractivity contribution in [1.82, 2.24) is 4.57 Å². The van der Waals surface area contributed by atoms with Crippen LogP contribution >= 0.6 is 0 Å². The topological polar surface area (TPSA) is 22.0 Å². The van der Waals surface area contributed by atoms with Crippen molar-refractivity contribution in [2.75, 3.05) is 0 Å². The number of aryl methyl sites for hydroxylation is 1. The Hall–Kier alpha value is -1.97. The number of hydrogen-bond donors (Lipinski definition) is 0. The molecule has 0 N–H and O–H groups in total. The highest BCUT2D eigenvalue weighted by Gasteiger charge is 2.34. The zero-order valence-corrected chi connectivity index (χ0v) is 12.3. The molecule has 0 spiro atoms. The molecule has 0 amide bonds. The quantitative estimate of drug-likeness (QED) is 0.770. The summed E-state index contributed by atoms with van der Waals surface area (Å²) >= 11 is 0. The monoisotopic (exact) mass is 289 g/mol. The van der Waals surface area contributed by atoms with Gasteiger partial charge in [0.2, 0.25) is 0 Å². The van der Waals surface area contributed by atoms with Crippen LogP contribution in [0, 0.1) is 24.0 Å². The van der Waals surface area contributed by atoms with E-state index in [0.717, 1.165) is 17.5 Å². The number of carbonyl (C=O) groups excluding carboxylic acids is 1. The molecule has 2 aromatic rings. The molecule has 0 aliphatic heterocycles. The summed E-state index contributed by atoms with van der Waals surface area (Å²) in [5.74, 6) is -1.13. The lowest BCUT2D eigenvalue weighted by Gasteiger charge is -2.30. The highest BCUT2D eigenvalue weighted by Crippen LogP contribution is 2.37. The van der Waals surface area contributed by atoms with Gasteiger partial charge in [-0.25, -0.2) is 8.78 Å². The van der Waals surface area contributed by atoms with E-state index in [9.17, 15) is 13.6 Å².